The van der Waals surface area contributed by atoms with E-state index in [9.17, 15) is 0 Å². The van der Waals surface area contributed by atoms with Gasteiger partial charge >= 0.3 is 0 Å². The predicted molar refractivity (Wildman–Crippen MR) is 60.9 cm³/mol. The molecule has 0 spiro atoms. The fraction of sp³-hybridized carbons (Fsp3) is 0.700. The molecule has 86 valence electrons. The van der Waals surface area contributed by atoms with Crippen LogP contribution in [0, 0.1) is 0 Å². The van der Waals surface area contributed by atoms with Gasteiger partial charge in [-0.15, -0.1) is 0 Å². The Morgan fingerprint density at radius 2 is 2.33 bits per heavy atom. The van der Waals surface area contributed by atoms with Gasteiger partial charge < -0.3 is 10.5 Å². The molecular formula is C10H18ClN3O. The average molecular weight is 232 g/mol. The molecule has 4 nitrogen and oxygen atoms in total. The third-order valence-electron chi connectivity index (χ3n) is 2.53. The first kappa shape index (κ1) is 12.5. The number of nitrogens with zero attached hydrogens (tertiary/aromatic N) is 2. The standard InChI is InChI=1S/C10H18ClN3O/c1-4-5-8(15-3)9(12)10-7(11)6-13-14(10)2/h6,8-9H,4-5,12H2,1-3H3. The third-order valence-corrected chi connectivity index (χ3v) is 2.82. The molecule has 0 saturated carbocycles. The molecule has 0 saturated heterocycles. The van der Waals surface area contributed by atoms with Gasteiger partial charge in [0.2, 0.25) is 0 Å². The van der Waals surface area contributed by atoms with Gasteiger partial charge in [0.25, 0.3) is 0 Å². The Hall–Kier alpha value is -0.580. The minimum atomic E-state index is -0.227. The van der Waals surface area contributed by atoms with Crippen LogP contribution in [-0.2, 0) is 11.8 Å². The minimum Gasteiger partial charge on any atom is -0.379 e. The number of aryl methyl sites for hydroxylation is 1. The quantitative estimate of drug-likeness (QED) is 0.842. The third kappa shape index (κ3) is 2.71. The normalized spacial score (nSPS) is 15.3. The van der Waals surface area contributed by atoms with Crippen LogP contribution in [0.4, 0.5) is 0 Å². The number of methoxy groups -OCH3 is 1. The van der Waals surface area contributed by atoms with E-state index in [2.05, 4.69) is 12.0 Å². The van der Waals surface area contributed by atoms with Crippen LogP contribution in [0.25, 0.3) is 0 Å². The summed E-state index contributed by atoms with van der Waals surface area (Å²) in [4.78, 5) is 0. The van der Waals surface area contributed by atoms with Gasteiger partial charge in [0.15, 0.2) is 0 Å². The maximum absolute atomic E-state index is 6.11. The Balaban J connectivity index is 2.86. The molecule has 1 rings (SSSR count). The summed E-state index contributed by atoms with van der Waals surface area (Å²) in [5, 5.41) is 4.66. The summed E-state index contributed by atoms with van der Waals surface area (Å²) in [6.45, 7) is 2.10. The van der Waals surface area contributed by atoms with E-state index in [4.69, 9.17) is 22.1 Å². The van der Waals surface area contributed by atoms with Gasteiger partial charge in [0.1, 0.15) is 0 Å². The van der Waals surface area contributed by atoms with Crippen molar-refractivity contribution in [3.8, 4) is 0 Å². The zero-order valence-corrected chi connectivity index (χ0v) is 10.2. The second-order valence-corrected chi connectivity index (χ2v) is 4.00. The topological polar surface area (TPSA) is 53.1 Å². The Labute approximate surface area is 95.3 Å². The van der Waals surface area contributed by atoms with Gasteiger partial charge in [0.05, 0.1) is 29.1 Å². The van der Waals surface area contributed by atoms with E-state index >= 15 is 0 Å². The number of hydrogen-bond donors (Lipinski definition) is 1. The molecule has 1 heterocycles. The molecule has 0 aromatic carbocycles. The highest BCUT2D eigenvalue weighted by Crippen LogP contribution is 2.25. The van der Waals surface area contributed by atoms with Crippen molar-refractivity contribution in [1.29, 1.82) is 0 Å². The molecule has 2 N–H and O–H groups in total. The highest BCUT2D eigenvalue weighted by atomic mass is 35.5. The number of rotatable bonds is 5. The van der Waals surface area contributed by atoms with Crippen molar-refractivity contribution in [1.82, 2.24) is 9.78 Å². The van der Waals surface area contributed by atoms with Gasteiger partial charge in [-0.25, -0.2) is 0 Å². The predicted octanol–water partition coefficient (Wildman–Crippen LogP) is 1.89. The lowest BCUT2D eigenvalue weighted by molar-refractivity contribution is 0.0703. The zero-order valence-electron chi connectivity index (χ0n) is 9.40. The summed E-state index contributed by atoms with van der Waals surface area (Å²) in [6.07, 6.45) is 3.54. The van der Waals surface area contributed by atoms with Gasteiger partial charge in [0, 0.05) is 14.2 Å². The highest BCUT2D eigenvalue weighted by molar-refractivity contribution is 6.31. The largest absolute Gasteiger partial charge is 0.379 e. The van der Waals surface area contributed by atoms with Crippen molar-refractivity contribution >= 4 is 11.6 Å². The molecule has 0 amide bonds. The van der Waals surface area contributed by atoms with E-state index in [0.29, 0.717) is 5.02 Å². The number of ether oxygens (including phenoxy) is 1. The highest BCUT2D eigenvalue weighted by Gasteiger charge is 2.23. The summed E-state index contributed by atoms with van der Waals surface area (Å²) in [5.41, 5.74) is 6.94. The summed E-state index contributed by atoms with van der Waals surface area (Å²) in [6, 6.07) is -0.227. The lowest BCUT2D eigenvalue weighted by Gasteiger charge is -2.22. The van der Waals surface area contributed by atoms with E-state index < -0.39 is 0 Å². The first-order chi connectivity index (χ1) is 7.11. The molecule has 1 aromatic heterocycles. The molecule has 1 aromatic rings. The van der Waals surface area contributed by atoms with Crippen LogP contribution in [0.5, 0.6) is 0 Å². The summed E-state index contributed by atoms with van der Waals surface area (Å²) in [7, 11) is 3.50. The zero-order chi connectivity index (χ0) is 11.4. The van der Waals surface area contributed by atoms with E-state index in [1.807, 2.05) is 7.05 Å². The molecule has 0 radical (unpaired) electrons. The number of halogens is 1. The summed E-state index contributed by atoms with van der Waals surface area (Å²) >= 11 is 6.02. The fourth-order valence-electron chi connectivity index (χ4n) is 1.70. The molecule has 0 fully saturated rings. The van der Waals surface area contributed by atoms with E-state index in [-0.39, 0.29) is 12.1 Å². The van der Waals surface area contributed by atoms with Crippen LogP contribution in [0.3, 0.4) is 0 Å². The van der Waals surface area contributed by atoms with Gasteiger partial charge in [-0.1, -0.05) is 24.9 Å². The first-order valence-corrected chi connectivity index (χ1v) is 5.45. The summed E-state index contributed by atoms with van der Waals surface area (Å²) in [5.74, 6) is 0. The number of nitrogens with two attached hydrogens (primary N) is 1. The van der Waals surface area contributed by atoms with Gasteiger partial charge in [-0.05, 0) is 6.42 Å². The van der Waals surface area contributed by atoms with E-state index in [0.717, 1.165) is 18.5 Å². The van der Waals surface area contributed by atoms with Crippen molar-refractivity contribution in [2.45, 2.75) is 31.9 Å². The molecular weight excluding hydrogens is 214 g/mol. The molecule has 2 unspecified atom stereocenters. The van der Waals surface area contributed by atoms with Crippen molar-refractivity contribution < 1.29 is 4.74 Å². The van der Waals surface area contributed by atoms with Crippen molar-refractivity contribution in [2.24, 2.45) is 12.8 Å². The molecule has 15 heavy (non-hydrogen) atoms. The molecule has 0 bridgehead atoms. The lowest BCUT2D eigenvalue weighted by Crippen LogP contribution is -2.30. The molecule has 0 aliphatic rings. The molecule has 0 aliphatic heterocycles. The minimum absolute atomic E-state index is 0.0112. The Bertz CT molecular complexity index is 294. The lowest BCUT2D eigenvalue weighted by atomic mass is 10.0. The second kappa shape index (κ2) is 5.49. The smallest absolute Gasteiger partial charge is 0.0834 e. The van der Waals surface area contributed by atoms with Crippen LogP contribution >= 0.6 is 11.6 Å². The van der Waals surface area contributed by atoms with Crippen LogP contribution in [0.1, 0.15) is 31.5 Å². The van der Waals surface area contributed by atoms with Crippen molar-refractivity contribution in [2.75, 3.05) is 7.11 Å². The van der Waals surface area contributed by atoms with E-state index in [1.54, 1.807) is 18.0 Å². The van der Waals surface area contributed by atoms with Crippen molar-refractivity contribution in [3.63, 3.8) is 0 Å². The molecule has 0 aliphatic carbocycles. The maximum Gasteiger partial charge on any atom is 0.0834 e. The van der Waals surface area contributed by atoms with Crippen LogP contribution in [-0.4, -0.2) is 23.0 Å². The Morgan fingerprint density at radius 3 is 2.73 bits per heavy atom. The van der Waals surface area contributed by atoms with Gasteiger partial charge in [-0.2, -0.15) is 5.10 Å². The Morgan fingerprint density at radius 1 is 1.67 bits per heavy atom. The SMILES string of the molecule is CCCC(OC)C(N)c1c(Cl)cnn1C. The van der Waals surface area contributed by atoms with E-state index in [1.165, 1.54) is 0 Å². The molecule has 2 atom stereocenters. The average Bonchev–Trinajstić information content (AvgIpc) is 2.54. The maximum atomic E-state index is 6.11. The first-order valence-electron chi connectivity index (χ1n) is 5.07. The van der Waals surface area contributed by atoms with Crippen LogP contribution in [0.2, 0.25) is 5.02 Å². The fourth-order valence-corrected chi connectivity index (χ4v) is 1.99. The van der Waals surface area contributed by atoms with Crippen molar-refractivity contribution in [3.05, 3.63) is 16.9 Å². The summed E-state index contributed by atoms with van der Waals surface area (Å²) < 4.78 is 7.06. The Kier molecular flexibility index (Phi) is 4.57. The number of aromatic nitrogens is 2. The van der Waals surface area contributed by atoms with Crippen LogP contribution in [0.15, 0.2) is 6.20 Å². The van der Waals surface area contributed by atoms with Crippen LogP contribution < -0.4 is 5.73 Å². The second-order valence-electron chi connectivity index (χ2n) is 3.59. The molecule has 5 heteroatoms. The number of hydrogen-bond acceptors (Lipinski definition) is 3. The van der Waals surface area contributed by atoms with Gasteiger partial charge in [-0.3, -0.25) is 4.68 Å². The monoisotopic (exact) mass is 231 g/mol.